The molecule has 1 unspecified atom stereocenters. The number of nitrogens with one attached hydrogen (secondary N) is 1. The molecule has 1 aromatic carbocycles. The van der Waals surface area contributed by atoms with Gasteiger partial charge in [-0.15, -0.1) is 0 Å². The molecular weight excluding hydrogens is 314 g/mol. The highest BCUT2D eigenvalue weighted by Gasteiger charge is 2.19. The van der Waals surface area contributed by atoms with E-state index in [0.717, 1.165) is 38.7 Å². The summed E-state index contributed by atoms with van der Waals surface area (Å²) >= 11 is 0. The van der Waals surface area contributed by atoms with E-state index in [1.54, 1.807) is 0 Å². The van der Waals surface area contributed by atoms with E-state index in [2.05, 4.69) is 62.3 Å². The van der Waals surface area contributed by atoms with Gasteiger partial charge in [0.05, 0.1) is 25.9 Å². The Labute approximate surface area is 152 Å². The molecule has 0 amide bonds. The minimum atomic E-state index is 0.246. The third-order valence-electron chi connectivity index (χ3n) is 4.24. The predicted molar refractivity (Wildman–Crippen MR) is 103 cm³/mol. The van der Waals surface area contributed by atoms with Crippen molar-refractivity contribution in [1.82, 2.24) is 10.2 Å². The molecule has 1 heterocycles. The van der Waals surface area contributed by atoms with Gasteiger partial charge in [0.25, 0.3) is 0 Å². The Morgan fingerprint density at radius 2 is 2.20 bits per heavy atom. The third kappa shape index (κ3) is 7.04. The van der Waals surface area contributed by atoms with Crippen LogP contribution in [0.5, 0.6) is 0 Å². The fourth-order valence-corrected chi connectivity index (χ4v) is 2.92. The minimum Gasteiger partial charge on any atom is -0.381 e. The summed E-state index contributed by atoms with van der Waals surface area (Å²) in [7, 11) is 2.10. The number of ether oxygens (including phenoxy) is 2. The molecule has 140 valence electrons. The van der Waals surface area contributed by atoms with Gasteiger partial charge in [-0.3, -0.25) is 0 Å². The van der Waals surface area contributed by atoms with Crippen LogP contribution >= 0.6 is 0 Å². The molecule has 1 atom stereocenters. The van der Waals surface area contributed by atoms with Crippen LogP contribution < -0.4 is 5.32 Å². The average molecular weight is 348 g/mol. The maximum Gasteiger partial charge on any atom is 0.193 e. The average Bonchev–Trinajstić information content (AvgIpc) is 3.10. The first-order valence-corrected chi connectivity index (χ1v) is 9.35. The Hall–Kier alpha value is -1.59. The number of hydrogen-bond donors (Lipinski definition) is 1. The molecule has 1 N–H and O–H groups in total. The fourth-order valence-electron chi connectivity index (χ4n) is 2.92. The lowest BCUT2D eigenvalue weighted by atomic mass is 10.1. The summed E-state index contributed by atoms with van der Waals surface area (Å²) in [5.74, 6) is 1.56. The summed E-state index contributed by atoms with van der Waals surface area (Å²) < 4.78 is 11.2. The molecule has 0 aromatic heterocycles. The molecule has 2 rings (SSSR count). The molecule has 5 nitrogen and oxygen atoms in total. The van der Waals surface area contributed by atoms with Crippen LogP contribution in [-0.2, 0) is 22.6 Å². The molecule has 0 bridgehead atoms. The normalized spacial score (nSPS) is 18.0. The van der Waals surface area contributed by atoms with E-state index in [9.17, 15) is 0 Å². The second kappa shape index (κ2) is 10.4. The lowest BCUT2D eigenvalue weighted by Gasteiger charge is -2.24. The predicted octanol–water partition coefficient (Wildman–Crippen LogP) is 3.05. The zero-order valence-electron chi connectivity index (χ0n) is 16.1. The molecule has 1 aromatic rings. The fraction of sp³-hybridized carbons (Fsp3) is 0.650. The van der Waals surface area contributed by atoms with Crippen LogP contribution in [0.2, 0.25) is 0 Å². The van der Waals surface area contributed by atoms with E-state index in [1.165, 1.54) is 11.1 Å². The SMILES string of the molecule is CCNC(=NCc1cccc(COC(C)C)c1)N(C)CC1CCOC1. The van der Waals surface area contributed by atoms with E-state index >= 15 is 0 Å². The van der Waals surface area contributed by atoms with Gasteiger partial charge in [-0.05, 0) is 38.3 Å². The van der Waals surface area contributed by atoms with Crippen molar-refractivity contribution in [3.05, 3.63) is 35.4 Å². The number of nitrogens with zero attached hydrogens (tertiary/aromatic N) is 2. The highest BCUT2D eigenvalue weighted by molar-refractivity contribution is 5.79. The van der Waals surface area contributed by atoms with E-state index in [0.29, 0.717) is 19.1 Å². The number of benzene rings is 1. The molecule has 0 radical (unpaired) electrons. The standard InChI is InChI=1S/C20H33N3O2/c1-5-21-20(23(4)13-19-9-10-24-14-19)22-12-17-7-6-8-18(11-17)15-25-16(2)3/h6-8,11,16,19H,5,9-10,12-15H2,1-4H3,(H,21,22). The maximum absolute atomic E-state index is 5.69. The summed E-state index contributed by atoms with van der Waals surface area (Å²) in [6.45, 7) is 11.1. The number of rotatable bonds is 8. The van der Waals surface area contributed by atoms with E-state index in [1.807, 2.05) is 0 Å². The Kier molecular flexibility index (Phi) is 8.22. The van der Waals surface area contributed by atoms with Crippen molar-refractivity contribution < 1.29 is 9.47 Å². The van der Waals surface area contributed by atoms with Crippen molar-refractivity contribution >= 4 is 5.96 Å². The third-order valence-corrected chi connectivity index (χ3v) is 4.24. The molecular formula is C20H33N3O2. The van der Waals surface area contributed by atoms with Crippen LogP contribution in [0.3, 0.4) is 0 Å². The van der Waals surface area contributed by atoms with Gasteiger partial charge >= 0.3 is 0 Å². The Morgan fingerprint density at radius 1 is 1.40 bits per heavy atom. The van der Waals surface area contributed by atoms with Gasteiger partial charge in [0.2, 0.25) is 0 Å². The Bertz CT molecular complexity index is 539. The van der Waals surface area contributed by atoms with Crippen molar-refractivity contribution in [1.29, 1.82) is 0 Å². The van der Waals surface area contributed by atoms with Gasteiger partial charge in [0.15, 0.2) is 5.96 Å². The molecule has 0 aliphatic carbocycles. The Morgan fingerprint density at radius 3 is 2.88 bits per heavy atom. The van der Waals surface area contributed by atoms with Crippen LogP contribution in [0.1, 0.15) is 38.3 Å². The number of aliphatic imine (C=N–C) groups is 1. The van der Waals surface area contributed by atoms with Crippen LogP contribution in [0.4, 0.5) is 0 Å². The first kappa shape index (κ1) is 19.7. The molecule has 1 saturated heterocycles. The molecule has 1 aliphatic rings. The molecule has 0 spiro atoms. The van der Waals surface area contributed by atoms with Crippen molar-refractivity contribution in [2.75, 3.05) is 33.4 Å². The van der Waals surface area contributed by atoms with Gasteiger partial charge < -0.3 is 19.7 Å². The summed E-state index contributed by atoms with van der Waals surface area (Å²) in [6, 6.07) is 8.49. The highest BCUT2D eigenvalue weighted by atomic mass is 16.5. The quantitative estimate of drug-likeness (QED) is 0.580. The number of hydrogen-bond acceptors (Lipinski definition) is 3. The van der Waals surface area contributed by atoms with E-state index < -0.39 is 0 Å². The molecule has 0 saturated carbocycles. The zero-order valence-corrected chi connectivity index (χ0v) is 16.1. The molecule has 5 heteroatoms. The largest absolute Gasteiger partial charge is 0.381 e. The summed E-state index contributed by atoms with van der Waals surface area (Å²) in [4.78, 5) is 7.03. The summed E-state index contributed by atoms with van der Waals surface area (Å²) in [6.07, 6.45) is 1.39. The summed E-state index contributed by atoms with van der Waals surface area (Å²) in [5, 5.41) is 3.39. The first-order chi connectivity index (χ1) is 12.1. The second-order valence-electron chi connectivity index (χ2n) is 6.96. The monoisotopic (exact) mass is 347 g/mol. The molecule has 25 heavy (non-hydrogen) atoms. The lowest BCUT2D eigenvalue weighted by Crippen LogP contribution is -2.41. The van der Waals surface area contributed by atoms with Gasteiger partial charge in [-0.1, -0.05) is 24.3 Å². The molecule has 1 aliphatic heterocycles. The second-order valence-corrected chi connectivity index (χ2v) is 6.96. The molecule has 1 fully saturated rings. The first-order valence-electron chi connectivity index (χ1n) is 9.35. The maximum atomic E-state index is 5.69. The van der Waals surface area contributed by atoms with E-state index in [-0.39, 0.29) is 6.10 Å². The van der Waals surface area contributed by atoms with Crippen LogP contribution in [0.25, 0.3) is 0 Å². The van der Waals surface area contributed by atoms with E-state index in [4.69, 9.17) is 14.5 Å². The van der Waals surface area contributed by atoms with Gasteiger partial charge in [0.1, 0.15) is 0 Å². The Balaban J connectivity index is 1.96. The van der Waals surface area contributed by atoms with Gasteiger partial charge in [0, 0.05) is 32.7 Å². The topological polar surface area (TPSA) is 46.1 Å². The van der Waals surface area contributed by atoms with Crippen molar-refractivity contribution in [2.24, 2.45) is 10.9 Å². The van der Waals surface area contributed by atoms with Gasteiger partial charge in [-0.2, -0.15) is 0 Å². The smallest absolute Gasteiger partial charge is 0.193 e. The van der Waals surface area contributed by atoms with Gasteiger partial charge in [-0.25, -0.2) is 4.99 Å². The number of guanidine groups is 1. The minimum absolute atomic E-state index is 0.246. The zero-order chi connectivity index (χ0) is 18.1. The van der Waals surface area contributed by atoms with Crippen LogP contribution in [0.15, 0.2) is 29.3 Å². The van der Waals surface area contributed by atoms with Crippen LogP contribution in [-0.4, -0.2) is 50.3 Å². The summed E-state index contributed by atoms with van der Waals surface area (Å²) in [5.41, 5.74) is 2.40. The lowest BCUT2D eigenvalue weighted by molar-refractivity contribution is 0.0657. The van der Waals surface area contributed by atoms with Crippen molar-refractivity contribution in [2.45, 2.75) is 46.4 Å². The van der Waals surface area contributed by atoms with Crippen LogP contribution in [0, 0.1) is 5.92 Å². The van der Waals surface area contributed by atoms with Crippen molar-refractivity contribution in [3.8, 4) is 0 Å². The highest BCUT2D eigenvalue weighted by Crippen LogP contribution is 2.14. The van der Waals surface area contributed by atoms with Crippen molar-refractivity contribution in [3.63, 3.8) is 0 Å².